The van der Waals surface area contributed by atoms with Crippen LogP contribution >= 0.6 is 0 Å². The Morgan fingerprint density at radius 3 is 2.68 bits per heavy atom. The fraction of sp³-hybridized carbons (Fsp3) is 0.280. The first kappa shape index (κ1) is 23.2. The predicted octanol–water partition coefficient (Wildman–Crippen LogP) is 3.85. The molecular formula is C25H26FN5O3. The van der Waals surface area contributed by atoms with E-state index >= 15 is 0 Å². The van der Waals surface area contributed by atoms with Crippen LogP contribution in [0.15, 0.2) is 71.3 Å². The summed E-state index contributed by atoms with van der Waals surface area (Å²) in [6.45, 7) is 2.28. The van der Waals surface area contributed by atoms with Gasteiger partial charge in [0.05, 0.1) is 18.3 Å². The quantitative estimate of drug-likeness (QED) is 0.386. The Morgan fingerprint density at radius 1 is 1.12 bits per heavy atom. The summed E-state index contributed by atoms with van der Waals surface area (Å²) >= 11 is 0. The molecule has 0 aliphatic heterocycles. The van der Waals surface area contributed by atoms with Gasteiger partial charge >= 0.3 is 0 Å². The molecule has 2 amide bonds. The topological polar surface area (TPSA) is 93.3 Å². The molecule has 34 heavy (non-hydrogen) atoms. The number of carbonyl (C=O) groups is 2. The highest BCUT2D eigenvalue weighted by molar-refractivity contribution is 5.89. The van der Waals surface area contributed by atoms with Crippen molar-refractivity contribution in [2.75, 3.05) is 6.54 Å². The van der Waals surface area contributed by atoms with Crippen LogP contribution < -0.4 is 5.32 Å². The molecule has 8 nitrogen and oxygen atoms in total. The van der Waals surface area contributed by atoms with Gasteiger partial charge in [-0.25, -0.2) is 9.07 Å². The molecule has 0 unspecified atom stereocenters. The summed E-state index contributed by atoms with van der Waals surface area (Å²) in [5.74, 6) is -0.845. The Hall–Kier alpha value is -4.01. The van der Waals surface area contributed by atoms with Gasteiger partial charge in [0.2, 0.25) is 11.8 Å². The standard InChI is InChI=1S/C25H26FN5O3/c1-2-3-14-30(23(32)17-31-22-13-7-6-12-21(22)28-29-31)24(19-10-4-5-11-20(19)26)25(33)27-16-18-9-8-15-34-18/h4-13,15,24H,2-3,14,16-17H2,1H3,(H,27,33)/t24-/m0/s1. The van der Waals surface area contributed by atoms with Crippen LogP contribution in [0.25, 0.3) is 11.0 Å². The highest BCUT2D eigenvalue weighted by atomic mass is 19.1. The molecule has 2 aromatic carbocycles. The Labute approximate surface area is 196 Å². The molecule has 0 fully saturated rings. The average Bonchev–Trinajstić information content (AvgIpc) is 3.51. The maximum absolute atomic E-state index is 14.9. The molecule has 2 aromatic heterocycles. The van der Waals surface area contributed by atoms with Crippen molar-refractivity contribution in [3.8, 4) is 0 Å². The number of carbonyl (C=O) groups excluding carboxylic acids is 2. The second kappa shape index (κ2) is 10.7. The van der Waals surface area contributed by atoms with E-state index in [-0.39, 0.29) is 31.1 Å². The number of aromatic nitrogens is 3. The van der Waals surface area contributed by atoms with E-state index in [2.05, 4.69) is 15.6 Å². The Morgan fingerprint density at radius 2 is 1.91 bits per heavy atom. The number of rotatable bonds is 10. The lowest BCUT2D eigenvalue weighted by Crippen LogP contribution is -2.45. The van der Waals surface area contributed by atoms with Crippen molar-refractivity contribution < 1.29 is 18.4 Å². The van der Waals surface area contributed by atoms with Gasteiger partial charge < -0.3 is 14.6 Å². The smallest absolute Gasteiger partial charge is 0.247 e. The first-order valence-electron chi connectivity index (χ1n) is 11.2. The molecule has 1 N–H and O–H groups in total. The summed E-state index contributed by atoms with van der Waals surface area (Å²) in [5.41, 5.74) is 1.50. The van der Waals surface area contributed by atoms with Gasteiger partial charge in [-0.15, -0.1) is 5.10 Å². The fourth-order valence-electron chi connectivity index (χ4n) is 3.81. The lowest BCUT2D eigenvalue weighted by atomic mass is 10.0. The normalized spacial score (nSPS) is 11.9. The van der Waals surface area contributed by atoms with Crippen LogP contribution in [-0.2, 0) is 22.7 Å². The van der Waals surface area contributed by atoms with Crippen molar-refractivity contribution in [2.24, 2.45) is 0 Å². The number of nitrogens with zero attached hydrogens (tertiary/aromatic N) is 4. The van der Waals surface area contributed by atoms with Gasteiger partial charge in [0.25, 0.3) is 0 Å². The van der Waals surface area contributed by atoms with Gasteiger partial charge in [0.15, 0.2) is 0 Å². The maximum atomic E-state index is 14.9. The minimum absolute atomic E-state index is 0.124. The molecule has 0 saturated carbocycles. The van der Waals surface area contributed by atoms with Crippen LogP contribution in [0.3, 0.4) is 0 Å². The largest absolute Gasteiger partial charge is 0.467 e. The SMILES string of the molecule is CCCCN(C(=O)Cn1nnc2ccccc21)[C@H](C(=O)NCc1ccco1)c1ccccc1F. The van der Waals surface area contributed by atoms with Gasteiger partial charge in [0.1, 0.15) is 29.7 Å². The monoisotopic (exact) mass is 463 g/mol. The third kappa shape index (κ3) is 5.14. The van der Waals surface area contributed by atoms with E-state index < -0.39 is 17.8 Å². The number of unbranched alkanes of at least 4 members (excludes halogenated alkanes) is 1. The molecule has 0 aliphatic rings. The van der Waals surface area contributed by atoms with Crippen molar-refractivity contribution in [1.82, 2.24) is 25.2 Å². The Balaban J connectivity index is 1.65. The van der Waals surface area contributed by atoms with Crippen LogP contribution in [-0.4, -0.2) is 38.3 Å². The number of hydrogen-bond donors (Lipinski definition) is 1. The van der Waals surface area contributed by atoms with Crippen molar-refractivity contribution in [3.05, 3.63) is 84.1 Å². The summed E-state index contributed by atoms with van der Waals surface area (Å²) in [7, 11) is 0. The molecule has 0 spiro atoms. The Kier molecular flexibility index (Phi) is 7.31. The van der Waals surface area contributed by atoms with E-state index in [0.29, 0.717) is 23.2 Å². The Bertz CT molecular complexity index is 1250. The molecule has 0 bridgehead atoms. The van der Waals surface area contributed by atoms with Crippen molar-refractivity contribution in [1.29, 1.82) is 0 Å². The zero-order valence-electron chi connectivity index (χ0n) is 18.9. The predicted molar refractivity (Wildman–Crippen MR) is 124 cm³/mol. The van der Waals surface area contributed by atoms with E-state index in [4.69, 9.17) is 4.42 Å². The van der Waals surface area contributed by atoms with Crippen LogP contribution in [0.4, 0.5) is 4.39 Å². The number of nitrogens with one attached hydrogen (secondary N) is 1. The summed E-state index contributed by atoms with van der Waals surface area (Å²) in [6.07, 6.45) is 2.96. The van der Waals surface area contributed by atoms with E-state index in [1.54, 1.807) is 24.3 Å². The second-order valence-electron chi connectivity index (χ2n) is 7.90. The fourth-order valence-corrected chi connectivity index (χ4v) is 3.81. The lowest BCUT2D eigenvalue weighted by Gasteiger charge is -2.31. The van der Waals surface area contributed by atoms with Gasteiger partial charge in [-0.1, -0.05) is 48.9 Å². The average molecular weight is 464 g/mol. The first-order chi connectivity index (χ1) is 16.6. The molecule has 4 aromatic rings. The minimum atomic E-state index is -1.15. The number of fused-ring (bicyclic) bond motifs is 1. The number of furan rings is 1. The molecule has 0 aliphatic carbocycles. The summed E-state index contributed by atoms with van der Waals surface area (Å²) in [4.78, 5) is 28.3. The lowest BCUT2D eigenvalue weighted by molar-refractivity contribution is -0.141. The van der Waals surface area contributed by atoms with E-state index in [0.717, 1.165) is 6.42 Å². The molecule has 9 heteroatoms. The molecule has 0 saturated heterocycles. The number of amides is 2. The van der Waals surface area contributed by atoms with Gasteiger partial charge in [-0.3, -0.25) is 9.59 Å². The molecule has 0 radical (unpaired) electrons. The van der Waals surface area contributed by atoms with Gasteiger partial charge in [-0.05, 0) is 36.8 Å². The van der Waals surface area contributed by atoms with Crippen molar-refractivity contribution in [2.45, 2.75) is 38.9 Å². The molecular weight excluding hydrogens is 437 g/mol. The van der Waals surface area contributed by atoms with Gasteiger partial charge in [0, 0.05) is 12.1 Å². The zero-order chi connectivity index (χ0) is 23.9. The molecule has 176 valence electrons. The zero-order valence-corrected chi connectivity index (χ0v) is 18.9. The highest BCUT2D eigenvalue weighted by Crippen LogP contribution is 2.25. The number of benzene rings is 2. The summed E-state index contributed by atoms with van der Waals surface area (Å²) in [6, 6.07) is 15.6. The minimum Gasteiger partial charge on any atom is -0.467 e. The first-order valence-corrected chi connectivity index (χ1v) is 11.2. The second-order valence-corrected chi connectivity index (χ2v) is 7.90. The summed E-state index contributed by atoms with van der Waals surface area (Å²) in [5, 5.41) is 11.0. The number of halogens is 1. The van der Waals surface area contributed by atoms with Crippen molar-refractivity contribution in [3.63, 3.8) is 0 Å². The number of para-hydroxylation sites is 1. The third-order valence-electron chi connectivity index (χ3n) is 5.55. The number of hydrogen-bond acceptors (Lipinski definition) is 5. The molecule has 4 rings (SSSR count). The highest BCUT2D eigenvalue weighted by Gasteiger charge is 2.33. The third-order valence-corrected chi connectivity index (χ3v) is 5.55. The van der Waals surface area contributed by atoms with Crippen LogP contribution in [0.2, 0.25) is 0 Å². The summed E-state index contributed by atoms with van der Waals surface area (Å²) < 4.78 is 21.7. The van der Waals surface area contributed by atoms with E-state index in [1.165, 1.54) is 28.0 Å². The van der Waals surface area contributed by atoms with Gasteiger partial charge in [-0.2, -0.15) is 0 Å². The van der Waals surface area contributed by atoms with Crippen LogP contribution in [0.5, 0.6) is 0 Å². The maximum Gasteiger partial charge on any atom is 0.247 e. The van der Waals surface area contributed by atoms with Crippen LogP contribution in [0, 0.1) is 5.82 Å². The van der Waals surface area contributed by atoms with Crippen LogP contribution in [0.1, 0.15) is 37.1 Å². The van der Waals surface area contributed by atoms with E-state index in [1.807, 2.05) is 31.2 Å². The van der Waals surface area contributed by atoms with E-state index in [9.17, 15) is 14.0 Å². The molecule has 1 atom stereocenters. The van der Waals surface area contributed by atoms with Crippen molar-refractivity contribution >= 4 is 22.8 Å². The molecule has 2 heterocycles.